The molecule has 0 radical (unpaired) electrons. The number of aromatic nitrogens is 3. The van der Waals surface area contributed by atoms with Crippen molar-refractivity contribution in [1.29, 1.82) is 0 Å². The van der Waals surface area contributed by atoms with Gasteiger partial charge >= 0.3 is 11.9 Å². The van der Waals surface area contributed by atoms with E-state index in [-0.39, 0.29) is 13.2 Å². The standard InChI is InChI=1S/C14H21N3O9/c1-3-24-12(21)7-8(13(22)25-4-2)17(16-15-7)9-10(19)6(5-18)26-14(23)11(9)20/h6,9-11,14,18-20,23H,3-5H2,1-2H3/t6-,9+,10-,11-,14-/m1/s1. The number of carbonyl (C=O) groups excluding carboxylic acids is 2. The third-order valence-electron chi connectivity index (χ3n) is 3.78. The Morgan fingerprint density at radius 3 is 2.31 bits per heavy atom. The Labute approximate surface area is 147 Å². The first-order valence-corrected chi connectivity index (χ1v) is 7.97. The molecule has 0 spiro atoms. The summed E-state index contributed by atoms with van der Waals surface area (Å²) in [7, 11) is 0. The van der Waals surface area contributed by atoms with Gasteiger partial charge in [-0.15, -0.1) is 5.10 Å². The van der Waals surface area contributed by atoms with Crippen molar-refractivity contribution in [3.63, 3.8) is 0 Å². The van der Waals surface area contributed by atoms with Crippen molar-refractivity contribution in [3.05, 3.63) is 11.4 Å². The van der Waals surface area contributed by atoms with Crippen molar-refractivity contribution < 1.29 is 44.2 Å². The van der Waals surface area contributed by atoms with E-state index in [0.717, 1.165) is 4.68 Å². The Morgan fingerprint density at radius 1 is 1.12 bits per heavy atom. The van der Waals surface area contributed by atoms with E-state index in [1.165, 1.54) is 0 Å². The quantitative estimate of drug-likeness (QED) is 0.390. The summed E-state index contributed by atoms with van der Waals surface area (Å²) in [6, 6.07) is -1.44. The van der Waals surface area contributed by atoms with Crippen LogP contribution in [0.5, 0.6) is 0 Å². The molecule has 5 atom stereocenters. The van der Waals surface area contributed by atoms with E-state index in [0.29, 0.717) is 0 Å². The van der Waals surface area contributed by atoms with Crippen LogP contribution in [0.2, 0.25) is 0 Å². The average Bonchev–Trinajstić information content (AvgIpc) is 3.03. The van der Waals surface area contributed by atoms with Crippen LogP contribution in [0.3, 0.4) is 0 Å². The number of carbonyl (C=O) groups is 2. The first kappa shape index (κ1) is 20.2. The summed E-state index contributed by atoms with van der Waals surface area (Å²) in [5.41, 5.74) is -0.926. The lowest BCUT2D eigenvalue weighted by molar-refractivity contribution is -0.270. The van der Waals surface area contributed by atoms with E-state index in [9.17, 15) is 30.0 Å². The highest BCUT2D eigenvalue weighted by Gasteiger charge is 2.47. The molecular weight excluding hydrogens is 354 g/mol. The summed E-state index contributed by atoms with van der Waals surface area (Å²) in [5.74, 6) is -1.93. The molecule has 1 aromatic heterocycles. The van der Waals surface area contributed by atoms with Gasteiger partial charge in [0.25, 0.3) is 0 Å². The first-order chi connectivity index (χ1) is 12.4. The second kappa shape index (κ2) is 8.51. The predicted molar refractivity (Wildman–Crippen MR) is 81.0 cm³/mol. The van der Waals surface area contributed by atoms with Crippen molar-refractivity contribution in [2.24, 2.45) is 0 Å². The summed E-state index contributed by atoms with van der Waals surface area (Å²) < 4.78 is 15.4. The topological polar surface area (TPSA) is 173 Å². The molecule has 146 valence electrons. The van der Waals surface area contributed by atoms with E-state index in [2.05, 4.69) is 10.3 Å². The molecule has 1 aromatic rings. The lowest BCUT2D eigenvalue weighted by Crippen LogP contribution is -2.56. The van der Waals surface area contributed by atoms with Gasteiger partial charge in [0.2, 0.25) is 5.69 Å². The second-order valence-electron chi connectivity index (χ2n) is 5.39. The number of ether oxygens (including phenoxy) is 3. The molecule has 0 saturated carbocycles. The number of nitrogens with zero attached hydrogens (tertiary/aromatic N) is 3. The molecule has 0 bridgehead atoms. The Morgan fingerprint density at radius 2 is 1.73 bits per heavy atom. The Hall–Kier alpha value is -2.12. The van der Waals surface area contributed by atoms with Gasteiger partial charge in [0.05, 0.1) is 19.8 Å². The minimum absolute atomic E-state index is 0.0157. The first-order valence-electron chi connectivity index (χ1n) is 7.97. The lowest BCUT2D eigenvalue weighted by Gasteiger charge is -2.40. The molecule has 2 rings (SSSR count). The van der Waals surface area contributed by atoms with Crippen molar-refractivity contribution in [1.82, 2.24) is 15.0 Å². The Kier molecular flexibility index (Phi) is 6.61. The van der Waals surface area contributed by atoms with Crippen LogP contribution < -0.4 is 0 Å². The van der Waals surface area contributed by atoms with Gasteiger partial charge < -0.3 is 34.6 Å². The maximum absolute atomic E-state index is 12.3. The molecule has 1 saturated heterocycles. The molecular formula is C14H21N3O9. The predicted octanol–water partition coefficient (Wildman–Crippen LogP) is -2.40. The molecule has 0 aromatic carbocycles. The normalized spacial score (nSPS) is 28.6. The van der Waals surface area contributed by atoms with E-state index in [4.69, 9.17) is 14.2 Å². The van der Waals surface area contributed by atoms with Crippen molar-refractivity contribution in [2.45, 2.75) is 44.5 Å². The molecule has 12 nitrogen and oxygen atoms in total. The van der Waals surface area contributed by atoms with Gasteiger partial charge in [0.15, 0.2) is 12.0 Å². The lowest BCUT2D eigenvalue weighted by atomic mass is 9.96. The zero-order valence-electron chi connectivity index (χ0n) is 14.2. The summed E-state index contributed by atoms with van der Waals surface area (Å²) >= 11 is 0. The largest absolute Gasteiger partial charge is 0.461 e. The number of aliphatic hydroxyl groups is 4. The van der Waals surface area contributed by atoms with Crippen LogP contribution in [-0.4, -0.2) is 91.8 Å². The molecule has 0 unspecified atom stereocenters. The van der Waals surface area contributed by atoms with Crippen LogP contribution in [0.1, 0.15) is 40.9 Å². The van der Waals surface area contributed by atoms with Crippen molar-refractivity contribution in [3.8, 4) is 0 Å². The van der Waals surface area contributed by atoms with Gasteiger partial charge in [-0.05, 0) is 13.8 Å². The highest BCUT2D eigenvalue weighted by atomic mass is 16.6. The highest BCUT2D eigenvalue weighted by Crippen LogP contribution is 2.30. The van der Waals surface area contributed by atoms with Crippen LogP contribution in [-0.2, 0) is 14.2 Å². The van der Waals surface area contributed by atoms with Gasteiger partial charge in [-0.3, -0.25) is 0 Å². The monoisotopic (exact) mass is 375 g/mol. The molecule has 12 heteroatoms. The molecule has 4 N–H and O–H groups in total. The minimum Gasteiger partial charge on any atom is -0.461 e. The fourth-order valence-corrected chi connectivity index (χ4v) is 2.60. The SMILES string of the molecule is CCOC(=O)c1nnn([C@@H]2[C@@H](O)[C@H](O)O[C@H](CO)[C@H]2O)c1C(=O)OCC. The van der Waals surface area contributed by atoms with Crippen LogP contribution in [0.15, 0.2) is 0 Å². The molecule has 1 aliphatic heterocycles. The number of hydrogen-bond acceptors (Lipinski definition) is 11. The van der Waals surface area contributed by atoms with E-state index >= 15 is 0 Å². The molecule has 0 amide bonds. The summed E-state index contributed by atoms with van der Waals surface area (Å²) in [5, 5.41) is 46.8. The minimum atomic E-state index is -1.77. The molecule has 26 heavy (non-hydrogen) atoms. The number of aliphatic hydroxyl groups excluding tert-OH is 4. The van der Waals surface area contributed by atoms with Crippen molar-refractivity contribution >= 4 is 11.9 Å². The third kappa shape index (κ3) is 3.68. The molecule has 1 fully saturated rings. The van der Waals surface area contributed by atoms with Crippen molar-refractivity contribution in [2.75, 3.05) is 19.8 Å². The fourth-order valence-electron chi connectivity index (χ4n) is 2.60. The summed E-state index contributed by atoms with van der Waals surface area (Å²) in [6.07, 6.45) is -6.32. The van der Waals surface area contributed by atoms with Gasteiger partial charge in [-0.1, -0.05) is 5.21 Å². The van der Waals surface area contributed by atoms with Crippen LogP contribution in [0.25, 0.3) is 0 Å². The summed E-state index contributed by atoms with van der Waals surface area (Å²) in [6.45, 7) is 2.42. The average molecular weight is 375 g/mol. The molecule has 0 aliphatic carbocycles. The Balaban J connectivity index is 2.53. The van der Waals surface area contributed by atoms with E-state index < -0.39 is 60.6 Å². The number of esters is 2. The van der Waals surface area contributed by atoms with Gasteiger partial charge in [0, 0.05) is 0 Å². The van der Waals surface area contributed by atoms with E-state index in [1.54, 1.807) is 13.8 Å². The van der Waals surface area contributed by atoms with Gasteiger partial charge in [-0.2, -0.15) is 0 Å². The Bertz CT molecular complexity index is 650. The molecule has 2 heterocycles. The highest BCUT2D eigenvalue weighted by molar-refractivity contribution is 6.00. The second-order valence-corrected chi connectivity index (χ2v) is 5.39. The van der Waals surface area contributed by atoms with Gasteiger partial charge in [-0.25, -0.2) is 14.3 Å². The van der Waals surface area contributed by atoms with E-state index in [1.807, 2.05) is 0 Å². The van der Waals surface area contributed by atoms with Crippen LogP contribution in [0.4, 0.5) is 0 Å². The maximum Gasteiger partial charge on any atom is 0.361 e. The summed E-state index contributed by atoms with van der Waals surface area (Å²) in [4.78, 5) is 24.3. The molecule has 1 aliphatic rings. The number of rotatable bonds is 6. The zero-order valence-corrected chi connectivity index (χ0v) is 14.2. The van der Waals surface area contributed by atoms with Crippen LogP contribution in [0, 0.1) is 0 Å². The third-order valence-corrected chi connectivity index (χ3v) is 3.78. The maximum atomic E-state index is 12.3. The zero-order chi connectivity index (χ0) is 19.4. The smallest absolute Gasteiger partial charge is 0.361 e. The van der Waals surface area contributed by atoms with Gasteiger partial charge in [0.1, 0.15) is 24.4 Å². The van der Waals surface area contributed by atoms with Crippen LogP contribution >= 0.6 is 0 Å². The number of hydrogen-bond donors (Lipinski definition) is 4. The fraction of sp³-hybridized carbons (Fsp3) is 0.714.